The van der Waals surface area contributed by atoms with Crippen LogP contribution in [0.3, 0.4) is 0 Å². The first-order valence-corrected chi connectivity index (χ1v) is 12.8. The smallest absolute Gasteiger partial charge is 0.338 e. The molecule has 3 amide bonds. The number of carbonyl (C=O) groups is 3. The number of hydrogen-bond donors (Lipinski definition) is 3. The largest absolute Gasteiger partial charge is 0.493 e. The van der Waals surface area contributed by atoms with E-state index in [1.807, 2.05) is 13.8 Å². The average molecular weight is 555 g/mol. The van der Waals surface area contributed by atoms with Crippen molar-refractivity contribution in [3.05, 3.63) is 58.8 Å². The van der Waals surface area contributed by atoms with Gasteiger partial charge in [0.25, 0.3) is 5.91 Å². The van der Waals surface area contributed by atoms with E-state index in [0.717, 1.165) is 0 Å². The van der Waals surface area contributed by atoms with Gasteiger partial charge in [-0.1, -0.05) is 6.07 Å². The molecule has 0 aliphatic carbocycles. The molecule has 1 aliphatic rings. The van der Waals surface area contributed by atoms with Crippen molar-refractivity contribution >= 4 is 24.1 Å². The van der Waals surface area contributed by atoms with Gasteiger partial charge < -0.3 is 34.3 Å². The van der Waals surface area contributed by atoms with Crippen LogP contribution in [-0.2, 0) is 14.3 Å². The van der Waals surface area contributed by atoms with E-state index in [0.29, 0.717) is 47.3 Å². The van der Waals surface area contributed by atoms with Gasteiger partial charge in [0.1, 0.15) is 0 Å². The summed E-state index contributed by atoms with van der Waals surface area (Å²) in [5.41, 5.74) is 4.36. The summed E-state index contributed by atoms with van der Waals surface area (Å²) in [4.78, 5) is 37.0. The van der Waals surface area contributed by atoms with Gasteiger partial charge in [0.15, 0.2) is 29.6 Å². The number of amides is 3. The van der Waals surface area contributed by atoms with E-state index >= 15 is 0 Å². The van der Waals surface area contributed by atoms with Gasteiger partial charge in [-0.2, -0.15) is 5.10 Å². The van der Waals surface area contributed by atoms with E-state index < -0.39 is 23.9 Å². The molecule has 12 nitrogen and oxygen atoms in total. The zero-order valence-corrected chi connectivity index (χ0v) is 23.2. The highest BCUT2D eigenvalue weighted by molar-refractivity contribution is 5.95. The molecule has 0 saturated carbocycles. The SMILES string of the molecule is CCOC(=O)C1=C(C)NC(=O)N[C@@H]1c1ccc(OCC(=O)N/N=C\c2ccc(OCC)c(OCC)c2)c(OC)c1. The maximum absolute atomic E-state index is 12.6. The molecule has 12 heteroatoms. The summed E-state index contributed by atoms with van der Waals surface area (Å²) in [6.07, 6.45) is 1.48. The normalized spacial score (nSPS) is 14.7. The van der Waals surface area contributed by atoms with Crippen molar-refractivity contribution in [2.45, 2.75) is 33.7 Å². The molecule has 3 rings (SSSR count). The summed E-state index contributed by atoms with van der Waals surface area (Å²) >= 11 is 0. The highest BCUT2D eigenvalue weighted by Gasteiger charge is 2.32. The Kier molecular flexibility index (Phi) is 10.7. The maximum Gasteiger partial charge on any atom is 0.338 e. The van der Waals surface area contributed by atoms with Gasteiger partial charge in [-0.05, 0) is 69.2 Å². The van der Waals surface area contributed by atoms with Crippen molar-refractivity contribution in [3.63, 3.8) is 0 Å². The molecule has 0 unspecified atom stereocenters. The monoisotopic (exact) mass is 554 g/mol. The summed E-state index contributed by atoms with van der Waals surface area (Å²) in [6, 6.07) is 8.99. The van der Waals surface area contributed by atoms with Gasteiger partial charge in [0.2, 0.25) is 0 Å². The van der Waals surface area contributed by atoms with Gasteiger partial charge in [-0.3, -0.25) is 4.79 Å². The molecule has 1 heterocycles. The number of nitrogens with one attached hydrogen (secondary N) is 3. The molecule has 40 heavy (non-hydrogen) atoms. The lowest BCUT2D eigenvalue weighted by Gasteiger charge is -2.28. The van der Waals surface area contributed by atoms with Crippen molar-refractivity contribution in [1.29, 1.82) is 0 Å². The summed E-state index contributed by atoms with van der Waals surface area (Å²) in [5, 5.41) is 9.29. The van der Waals surface area contributed by atoms with Crippen LogP contribution >= 0.6 is 0 Å². The Balaban J connectivity index is 1.66. The van der Waals surface area contributed by atoms with Crippen LogP contribution in [0.15, 0.2) is 52.8 Å². The van der Waals surface area contributed by atoms with Gasteiger partial charge in [0.05, 0.1) is 44.8 Å². The Morgan fingerprint density at radius 3 is 2.35 bits per heavy atom. The standard InChI is InChI=1S/C28H34N4O8/c1-6-37-21-11-9-18(13-23(21)38-7-2)15-29-32-24(33)16-40-20-12-10-19(14-22(20)36-5)26-25(27(34)39-8-3)17(4)30-28(35)31-26/h9-15,26H,6-8,16H2,1-5H3,(H,32,33)(H2,30,31,35)/b29-15-/t26-/m1/s1. The molecule has 0 spiro atoms. The molecule has 0 aromatic heterocycles. The topological polar surface area (TPSA) is 146 Å². The molecular weight excluding hydrogens is 520 g/mol. The predicted molar refractivity (Wildman–Crippen MR) is 147 cm³/mol. The second-order valence-electron chi connectivity index (χ2n) is 8.35. The first kappa shape index (κ1) is 29.8. The van der Waals surface area contributed by atoms with Crippen LogP contribution < -0.4 is 35.0 Å². The van der Waals surface area contributed by atoms with E-state index in [2.05, 4.69) is 21.2 Å². The lowest BCUT2D eigenvalue weighted by Crippen LogP contribution is -2.45. The Hall–Kier alpha value is -4.74. The molecule has 0 fully saturated rings. The third-order valence-corrected chi connectivity index (χ3v) is 5.61. The molecule has 3 N–H and O–H groups in total. The van der Waals surface area contributed by atoms with Crippen LogP contribution in [0, 0.1) is 0 Å². The fourth-order valence-electron chi connectivity index (χ4n) is 3.91. The molecule has 1 atom stereocenters. The Labute approximate surface area is 232 Å². The Morgan fingerprint density at radius 1 is 0.950 bits per heavy atom. The number of urea groups is 1. The number of hydrazone groups is 1. The van der Waals surface area contributed by atoms with E-state index in [-0.39, 0.29) is 24.5 Å². The number of rotatable bonds is 13. The number of benzene rings is 2. The van der Waals surface area contributed by atoms with Crippen molar-refractivity contribution in [3.8, 4) is 23.0 Å². The van der Waals surface area contributed by atoms with Gasteiger partial charge >= 0.3 is 12.0 Å². The summed E-state index contributed by atoms with van der Waals surface area (Å²) < 4.78 is 27.4. The summed E-state index contributed by atoms with van der Waals surface area (Å²) in [6.45, 7) is 7.94. The first-order valence-electron chi connectivity index (χ1n) is 12.8. The van der Waals surface area contributed by atoms with Gasteiger partial charge in [-0.25, -0.2) is 15.0 Å². The van der Waals surface area contributed by atoms with Crippen LogP contribution in [0.25, 0.3) is 0 Å². The number of allylic oxidation sites excluding steroid dienone is 1. The molecular formula is C28H34N4O8. The molecule has 0 saturated heterocycles. The van der Waals surface area contributed by atoms with Crippen molar-refractivity contribution in [2.24, 2.45) is 5.10 Å². The zero-order chi connectivity index (χ0) is 29.1. The number of nitrogens with zero attached hydrogens (tertiary/aromatic N) is 1. The number of hydrogen-bond acceptors (Lipinski definition) is 9. The summed E-state index contributed by atoms with van der Waals surface area (Å²) in [7, 11) is 1.44. The Bertz CT molecular complexity index is 1290. The lowest BCUT2D eigenvalue weighted by molar-refractivity contribution is -0.139. The highest BCUT2D eigenvalue weighted by atomic mass is 16.5. The molecule has 2 aromatic carbocycles. The maximum atomic E-state index is 12.6. The molecule has 2 aromatic rings. The van der Waals surface area contributed by atoms with Crippen molar-refractivity contribution in [2.75, 3.05) is 33.5 Å². The second kappa shape index (κ2) is 14.4. The summed E-state index contributed by atoms with van der Waals surface area (Å²) in [5.74, 6) is 0.768. The van der Waals surface area contributed by atoms with E-state index in [4.69, 9.17) is 23.7 Å². The quantitative estimate of drug-likeness (QED) is 0.194. The predicted octanol–water partition coefficient (Wildman–Crippen LogP) is 3.21. The van der Waals surface area contributed by atoms with E-state index in [9.17, 15) is 14.4 Å². The fourth-order valence-corrected chi connectivity index (χ4v) is 3.91. The molecule has 214 valence electrons. The van der Waals surface area contributed by atoms with Crippen LogP contribution in [0.4, 0.5) is 4.79 Å². The minimum Gasteiger partial charge on any atom is -0.493 e. The minimum atomic E-state index is -0.765. The minimum absolute atomic E-state index is 0.187. The van der Waals surface area contributed by atoms with Crippen LogP contribution in [-0.4, -0.2) is 57.7 Å². The van der Waals surface area contributed by atoms with Gasteiger partial charge in [-0.15, -0.1) is 0 Å². The number of esters is 1. The fraction of sp³-hybridized carbons (Fsp3) is 0.357. The molecule has 1 aliphatic heterocycles. The van der Waals surface area contributed by atoms with Crippen molar-refractivity contribution < 1.29 is 38.1 Å². The highest BCUT2D eigenvalue weighted by Crippen LogP contribution is 2.34. The second-order valence-corrected chi connectivity index (χ2v) is 8.35. The third-order valence-electron chi connectivity index (χ3n) is 5.61. The average Bonchev–Trinajstić information content (AvgIpc) is 2.93. The van der Waals surface area contributed by atoms with E-state index in [1.165, 1.54) is 13.3 Å². The lowest BCUT2D eigenvalue weighted by atomic mass is 9.95. The Morgan fingerprint density at radius 2 is 1.65 bits per heavy atom. The molecule has 0 radical (unpaired) electrons. The number of ether oxygens (including phenoxy) is 5. The first-order chi connectivity index (χ1) is 19.3. The van der Waals surface area contributed by atoms with Gasteiger partial charge in [0, 0.05) is 5.70 Å². The van der Waals surface area contributed by atoms with E-state index in [1.54, 1.807) is 50.2 Å². The van der Waals surface area contributed by atoms with Crippen LogP contribution in [0.2, 0.25) is 0 Å². The van der Waals surface area contributed by atoms with Crippen molar-refractivity contribution in [1.82, 2.24) is 16.1 Å². The zero-order valence-electron chi connectivity index (χ0n) is 23.2. The third kappa shape index (κ3) is 7.65. The molecule has 0 bridgehead atoms. The number of carbonyl (C=O) groups excluding carboxylic acids is 3. The number of methoxy groups -OCH3 is 1. The van der Waals surface area contributed by atoms with Crippen LogP contribution in [0.1, 0.15) is 44.9 Å². The van der Waals surface area contributed by atoms with Crippen LogP contribution in [0.5, 0.6) is 23.0 Å².